The van der Waals surface area contributed by atoms with Crippen molar-refractivity contribution < 1.29 is 33.2 Å². The minimum Gasteiger partial charge on any atom is -0.497 e. The highest BCUT2D eigenvalue weighted by Crippen LogP contribution is 2.37. The quantitative estimate of drug-likeness (QED) is 0.802. The molecule has 0 N–H and O–H groups in total. The molecular weight excluding hydrogens is 277 g/mol. The van der Waals surface area contributed by atoms with Gasteiger partial charge in [-0.1, -0.05) is 0 Å². The lowest BCUT2D eigenvalue weighted by Crippen LogP contribution is -2.41. The van der Waals surface area contributed by atoms with Crippen molar-refractivity contribution in [2.45, 2.75) is 51.6 Å². The van der Waals surface area contributed by atoms with Crippen LogP contribution < -0.4 is 15.1 Å². The number of nitrogens with zero attached hydrogens (tertiary/aromatic N) is 1. The molecule has 5 heteroatoms. The van der Waals surface area contributed by atoms with Crippen LogP contribution in [0.25, 0.3) is 0 Å². The van der Waals surface area contributed by atoms with E-state index in [9.17, 15) is 0 Å². The summed E-state index contributed by atoms with van der Waals surface area (Å²) in [5.74, 6) is -0.981. The highest BCUT2D eigenvalue weighted by molar-refractivity contribution is 6.62. The summed E-state index contributed by atoms with van der Waals surface area (Å²) in [7, 11) is -4.74. The summed E-state index contributed by atoms with van der Waals surface area (Å²) in [5, 5.41) is 0. The lowest BCUT2D eigenvalue weighted by Gasteiger charge is -2.32. The molecule has 0 atom stereocenters. The summed E-state index contributed by atoms with van der Waals surface area (Å²) in [6.45, 7) is -0.332. The first-order chi connectivity index (χ1) is 15.8. The number of ether oxygens (including phenoxy) is 1. The van der Waals surface area contributed by atoms with E-state index in [0.717, 1.165) is 0 Å². The van der Waals surface area contributed by atoms with Crippen molar-refractivity contribution in [1.29, 1.82) is 0 Å². The predicted molar refractivity (Wildman–Crippen MR) is 90.2 cm³/mol. The fourth-order valence-corrected chi connectivity index (χ4v) is 2.00. The molecule has 1 aromatic rings. The Morgan fingerprint density at radius 3 is 2.41 bits per heavy atom. The van der Waals surface area contributed by atoms with Crippen LogP contribution >= 0.6 is 0 Å². The van der Waals surface area contributed by atoms with Crippen molar-refractivity contribution in [1.82, 2.24) is 0 Å². The van der Waals surface area contributed by atoms with Crippen molar-refractivity contribution in [2.24, 2.45) is 0 Å². The van der Waals surface area contributed by atoms with E-state index < -0.39 is 86.1 Å². The molecule has 0 unspecified atom stereocenters. The Balaban J connectivity index is 2.42. The summed E-state index contributed by atoms with van der Waals surface area (Å²) in [6, 6.07) is -2.82. The molecule has 0 spiro atoms. The van der Waals surface area contributed by atoms with Gasteiger partial charge in [0.1, 0.15) is 5.75 Å². The number of rotatable bonds is 3. The molecule has 1 aromatic carbocycles. The first-order valence-corrected chi connectivity index (χ1v) is 6.75. The summed E-state index contributed by atoms with van der Waals surface area (Å²) in [4.78, 5) is -0.0365. The lowest BCUT2D eigenvalue weighted by molar-refractivity contribution is 0.00578. The van der Waals surface area contributed by atoms with Crippen LogP contribution in [0.15, 0.2) is 18.1 Å². The molecule has 0 amide bonds. The van der Waals surface area contributed by atoms with Gasteiger partial charge >= 0.3 is 7.12 Å². The maximum atomic E-state index is 8.74. The van der Waals surface area contributed by atoms with E-state index in [-0.39, 0.29) is 4.90 Å². The van der Waals surface area contributed by atoms with Gasteiger partial charge in [-0.15, -0.1) is 0 Å². The second kappa shape index (κ2) is 5.46. The molecule has 22 heavy (non-hydrogen) atoms. The monoisotopic (exact) mass is 317 g/mol. The minimum atomic E-state index is -3.49. The van der Waals surface area contributed by atoms with Gasteiger partial charge in [-0.3, -0.25) is 0 Å². The maximum absolute atomic E-state index is 8.74. The van der Waals surface area contributed by atoms with Crippen LogP contribution in [0.2, 0.25) is 0 Å². The molecule has 3 rings (SSSR count). The van der Waals surface area contributed by atoms with Gasteiger partial charge in [-0.25, -0.2) is 0 Å². The average Bonchev–Trinajstić information content (AvgIpc) is 2.90. The number of hydrogen-bond donors (Lipinski definition) is 0. The van der Waals surface area contributed by atoms with Crippen molar-refractivity contribution in [3.8, 4) is 5.75 Å². The van der Waals surface area contributed by atoms with Gasteiger partial charge in [0.25, 0.3) is 0 Å². The van der Waals surface area contributed by atoms with E-state index in [1.807, 2.05) is 0 Å². The van der Waals surface area contributed by atoms with Crippen LogP contribution in [-0.2, 0) is 9.31 Å². The van der Waals surface area contributed by atoms with Gasteiger partial charge in [0.2, 0.25) is 0 Å². The minimum absolute atomic E-state index is 0.0365. The van der Waals surface area contributed by atoms with Gasteiger partial charge in [0.05, 0.1) is 26.5 Å². The maximum Gasteiger partial charge on any atom is 0.495 e. The molecular formula is C17H26BNO3. The molecule has 0 saturated carbocycles. The Hall–Kier alpha value is -1.20. The van der Waals surface area contributed by atoms with Crippen LogP contribution in [0, 0.1) is 0 Å². The molecule has 0 aliphatic carbocycles. The zero-order valence-corrected chi connectivity index (χ0v) is 12.7. The largest absolute Gasteiger partial charge is 0.497 e. The van der Waals surface area contributed by atoms with Crippen molar-refractivity contribution >= 4 is 18.3 Å². The number of methoxy groups -OCH3 is 1. The second-order valence-electron chi connectivity index (χ2n) is 5.97. The average molecular weight is 317 g/mol. The van der Waals surface area contributed by atoms with Crippen LogP contribution in [0.1, 0.15) is 59.6 Å². The van der Waals surface area contributed by atoms with Gasteiger partial charge in [-0.05, 0) is 58.0 Å². The molecule has 0 bridgehead atoms. The van der Waals surface area contributed by atoms with E-state index in [4.69, 9.17) is 33.2 Å². The third-order valence-electron chi connectivity index (χ3n) is 3.95. The highest BCUT2D eigenvalue weighted by atomic mass is 16.7. The number of anilines is 1. The Labute approximate surface area is 153 Å². The Morgan fingerprint density at radius 1 is 1.18 bits per heavy atom. The molecule has 2 aliphatic rings. The fraction of sp³-hybridized carbons (Fsp3) is 0.647. The molecule has 2 fully saturated rings. The summed E-state index contributed by atoms with van der Waals surface area (Å²) in [6.07, 6.45) is -6.98. The van der Waals surface area contributed by atoms with E-state index in [1.54, 1.807) is 27.7 Å². The van der Waals surface area contributed by atoms with E-state index in [2.05, 4.69) is 0 Å². The summed E-state index contributed by atoms with van der Waals surface area (Å²) in [5.41, 5.74) is -3.55. The zero-order valence-electron chi connectivity index (χ0n) is 26.7. The van der Waals surface area contributed by atoms with Gasteiger partial charge in [0, 0.05) is 35.7 Å². The lowest BCUT2D eigenvalue weighted by atomic mass is 9.78. The molecule has 2 heterocycles. The molecule has 2 aliphatic heterocycles. The molecule has 0 radical (unpaired) electrons. The van der Waals surface area contributed by atoms with E-state index >= 15 is 0 Å². The summed E-state index contributed by atoms with van der Waals surface area (Å²) < 4.78 is 130. The molecule has 0 aromatic heterocycles. The molecule has 4 nitrogen and oxygen atoms in total. The SMILES string of the molecule is [2H]c1c(OC([2H])([2H])[2H])c([2H])c(N2C([2H])([2H])C([2H])([2H])C([2H])([2H])C2([2H])[2H])c([2H])c1B1OC(C)(C)C(C)(C)O1. The van der Waals surface area contributed by atoms with Gasteiger partial charge < -0.3 is 18.9 Å². The van der Waals surface area contributed by atoms with E-state index in [0.29, 0.717) is 0 Å². The topological polar surface area (TPSA) is 30.9 Å². The highest BCUT2D eigenvalue weighted by Gasteiger charge is 2.51. The van der Waals surface area contributed by atoms with Crippen molar-refractivity contribution in [3.05, 3.63) is 18.1 Å². The van der Waals surface area contributed by atoms with Crippen molar-refractivity contribution in [3.63, 3.8) is 0 Å². The van der Waals surface area contributed by atoms with Crippen LogP contribution in [-0.4, -0.2) is 38.4 Å². The summed E-state index contributed by atoms with van der Waals surface area (Å²) >= 11 is 0. The first-order valence-electron chi connectivity index (χ1n) is 13.7. The third kappa shape index (κ3) is 2.72. The van der Waals surface area contributed by atoms with Gasteiger partial charge in [-0.2, -0.15) is 0 Å². The standard InChI is InChI=1S/C17H26BNO3/c1-16(2)17(3,4)22-18(21-16)13-10-14(12-15(11-13)20-5)19-8-6-7-9-19/h10-12H,6-9H2,1-5H3/i5D3,6D2,7D2,8D2,9D2,10D,11D,12D. The van der Waals surface area contributed by atoms with Crippen LogP contribution in [0.4, 0.5) is 5.69 Å². The zero-order chi connectivity index (χ0) is 28.2. The number of benzene rings is 1. The third-order valence-corrected chi connectivity index (χ3v) is 3.95. The van der Waals surface area contributed by atoms with Crippen LogP contribution in [0.5, 0.6) is 5.75 Å². The van der Waals surface area contributed by atoms with Crippen LogP contribution in [0.3, 0.4) is 0 Å². The van der Waals surface area contributed by atoms with E-state index in [1.165, 1.54) is 0 Å². The fourth-order valence-electron chi connectivity index (χ4n) is 2.00. The van der Waals surface area contributed by atoms with Crippen molar-refractivity contribution in [2.75, 3.05) is 24.9 Å². The Kier molecular flexibility index (Phi) is 1.50. The first kappa shape index (κ1) is 6.02. The Morgan fingerprint density at radius 2 is 1.82 bits per heavy atom. The number of hydrogen-bond acceptors (Lipinski definition) is 4. The second-order valence-corrected chi connectivity index (χ2v) is 5.97. The normalized spacial score (nSPS) is 42.2. The molecule has 120 valence electrons. The van der Waals surface area contributed by atoms with Gasteiger partial charge in [0.15, 0.2) is 0 Å². The smallest absolute Gasteiger partial charge is 0.495 e. The Bertz CT molecular complexity index is 1050. The predicted octanol–water partition coefficient (Wildman–Crippen LogP) is 2.59. The molecule has 2 saturated heterocycles.